The smallest absolute Gasteiger partial charge is 0.306 e. The molecule has 4 nitrogen and oxygen atoms in total. The molecule has 0 aromatic heterocycles. The number of rotatable bonds is 7. The Bertz CT molecular complexity index is 278. The number of amides is 1. The standard InChI is InChI=1S/C14H25NO3/c1-2-3-4-9-13(16)15-10-11-7-5-6-8-12(11)14(17)18/h11-12H,2-10H2,1H3,(H,15,16)(H,17,18). The van der Waals surface area contributed by atoms with E-state index < -0.39 is 5.97 Å². The first-order chi connectivity index (χ1) is 8.65. The Morgan fingerprint density at radius 3 is 2.61 bits per heavy atom. The van der Waals surface area contributed by atoms with Crippen LogP contribution < -0.4 is 5.32 Å². The van der Waals surface area contributed by atoms with E-state index in [2.05, 4.69) is 12.2 Å². The number of carbonyl (C=O) groups is 2. The van der Waals surface area contributed by atoms with Crippen molar-refractivity contribution in [3.8, 4) is 0 Å². The van der Waals surface area contributed by atoms with Crippen LogP contribution in [0.5, 0.6) is 0 Å². The van der Waals surface area contributed by atoms with Crippen LogP contribution in [0.15, 0.2) is 0 Å². The van der Waals surface area contributed by atoms with E-state index >= 15 is 0 Å². The van der Waals surface area contributed by atoms with Gasteiger partial charge >= 0.3 is 5.97 Å². The SMILES string of the molecule is CCCCCC(=O)NCC1CCCCC1C(=O)O. The maximum Gasteiger partial charge on any atom is 0.306 e. The summed E-state index contributed by atoms with van der Waals surface area (Å²) in [6.45, 7) is 2.64. The Morgan fingerprint density at radius 1 is 1.22 bits per heavy atom. The maximum absolute atomic E-state index is 11.6. The highest BCUT2D eigenvalue weighted by Gasteiger charge is 2.30. The molecule has 0 radical (unpaired) electrons. The van der Waals surface area contributed by atoms with Gasteiger partial charge in [0.25, 0.3) is 0 Å². The van der Waals surface area contributed by atoms with Crippen molar-refractivity contribution in [2.45, 2.75) is 58.3 Å². The van der Waals surface area contributed by atoms with Crippen molar-refractivity contribution in [1.29, 1.82) is 0 Å². The number of carbonyl (C=O) groups excluding carboxylic acids is 1. The molecule has 0 aliphatic heterocycles. The summed E-state index contributed by atoms with van der Waals surface area (Å²) < 4.78 is 0. The summed E-state index contributed by atoms with van der Waals surface area (Å²) in [6, 6.07) is 0. The first kappa shape index (κ1) is 15.0. The lowest BCUT2D eigenvalue weighted by atomic mass is 9.79. The van der Waals surface area contributed by atoms with Gasteiger partial charge in [0, 0.05) is 13.0 Å². The summed E-state index contributed by atoms with van der Waals surface area (Å²) in [4.78, 5) is 22.7. The molecule has 18 heavy (non-hydrogen) atoms. The van der Waals surface area contributed by atoms with E-state index in [4.69, 9.17) is 5.11 Å². The second kappa shape index (κ2) is 8.11. The van der Waals surface area contributed by atoms with Crippen LogP contribution in [-0.2, 0) is 9.59 Å². The van der Waals surface area contributed by atoms with Crippen molar-refractivity contribution in [2.24, 2.45) is 11.8 Å². The van der Waals surface area contributed by atoms with E-state index in [1.54, 1.807) is 0 Å². The molecular weight excluding hydrogens is 230 g/mol. The molecule has 0 saturated heterocycles. The zero-order valence-electron chi connectivity index (χ0n) is 11.3. The van der Waals surface area contributed by atoms with Gasteiger partial charge in [-0.25, -0.2) is 0 Å². The van der Waals surface area contributed by atoms with Crippen LogP contribution in [0.25, 0.3) is 0 Å². The number of nitrogens with one attached hydrogen (secondary N) is 1. The van der Waals surface area contributed by atoms with E-state index in [9.17, 15) is 9.59 Å². The van der Waals surface area contributed by atoms with Gasteiger partial charge in [-0.1, -0.05) is 32.6 Å². The number of hydrogen-bond donors (Lipinski definition) is 2. The predicted molar refractivity (Wildman–Crippen MR) is 70.2 cm³/mol. The Labute approximate surface area is 109 Å². The zero-order valence-corrected chi connectivity index (χ0v) is 11.3. The van der Waals surface area contributed by atoms with Crippen LogP contribution in [0.1, 0.15) is 58.3 Å². The summed E-state index contributed by atoms with van der Waals surface area (Å²) >= 11 is 0. The van der Waals surface area contributed by atoms with Gasteiger partial charge in [0.1, 0.15) is 0 Å². The van der Waals surface area contributed by atoms with Gasteiger partial charge in [-0.05, 0) is 25.2 Å². The lowest BCUT2D eigenvalue weighted by Crippen LogP contribution is -2.37. The van der Waals surface area contributed by atoms with Gasteiger partial charge in [0.15, 0.2) is 0 Å². The lowest BCUT2D eigenvalue weighted by molar-refractivity contribution is -0.145. The van der Waals surface area contributed by atoms with Gasteiger partial charge in [-0.3, -0.25) is 9.59 Å². The van der Waals surface area contributed by atoms with E-state index in [-0.39, 0.29) is 17.7 Å². The molecule has 2 unspecified atom stereocenters. The summed E-state index contributed by atoms with van der Waals surface area (Å²) in [5.74, 6) is -0.792. The highest BCUT2D eigenvalue weighted by atomic mass is 16.4. The molecule has 0 bridgehead atoms. The monoisotopic (exact) mass is 255 g/mol. The van der Waals surface area contributed by atoms with E-state index in [1.165, 1.54) is 0 Å². The van der Waals surface area contributed by atoms with E-state index in [0.29, 0.717) is 13.0 Å². The number of hydrogen-bond acceptors (Lipinski definition) is 2. The van der Waals surface area contributed by atoms with Gasteiger partial charge in [-0.15, -0.1) is 0 Å². The minimum atomic E-state index is -0.708. The quantitative estimate of drug-likeness (QED) is 0.687. The first-order valence-electron chi connectivity index (χ1n) is 7.14. The third-order valence-electron chi connectivity index (χ3n) is 3.80. The van der Waals surface area contributed by atoms with Crippen molar-refractivity contribution in [1.82, 2.24) is 5.32 Å². The van der Waals surface area contributed by atoms with Gasteiger partial charge in [0.2, 0.25) is 5.91 Å². The summed E-state index contributed by atoms with van der Waals surface area (Å²) in [6.07, 6.45) is 7.44. The largest absolute Gasteiger partial charge is 0.481 e. The summed E-state index contributed by atoms with van der Waals surface area (Å²) in [7, 11) is 0. The van der Waals surface area contributed by atoms with Crippen molar-refractivity contribution in [3.63, 3.8) is 0 Å². The lowest BCUT2D eigenvalue weighted by Gasteiger charge is -2.28. The minimum absolute atomic E-state index is 0.0677. The third-order valence-corrected chi connectivity index (χ3v) is 3.80. The fourth-order valence-corrected chi connectivity index (χ4v) is 2.65. The first-order valence-corrected chi connectivity index (χ1v) is 7.14. The second-order valence-corrected chi connectivity index (χ2v) is 5.25. The average molecular weight is 255 g/mol. The minimum Gasteiger partial charge on any atom is -0.481 e. The average Bonchev–Trinajstić information content (AvgIpc) is 2.37. The van der Waals surface area contributed by atoms with Crippen molar-refractivity contribution in [2.75, 3.05) is 6.54 Å². The summed E-state index contributed by atoms with van der Waals surface area (Å²) in [5, 5.41) is 12.0. The van der Waals surface area contributed by atoms with E-state index in [0.717, 1.165) is 44.9 Å². The second-order valence-electron chi connectivity index (χ2n) is 5.25. The van der Waals surface area contributed by atoms with Crippen LogP contribution in [0.4, 0.5) is 0 Å². The summed E-state index contributed by atoms with van der Waals surface area (Å²) in [5.41, 5.74) is 0. The molecular formula is C14H25NO3. The van der Waals surface area contributed by atoms with Crippen LogP contribution >= 0.6 is 0 Å². The number of carboxylic acids is 1. The molecule has 1 rings (SSSR count). The molecule has 2 N–H and O–H groups in total. The van der Waals surface area contributed by atoms with Gasteiger partial charge in [0.05, 0.1) is 5.92 Å². The molecule has 0 aromatic carbocycles. The molecule has 2 atom stereocenters. The normalized spacial score (nSPS) is 23.6. The Balaban J connectivity index is 2.27. The Morgan fingerprint density at radius 2 is 1.94 bits per heavy atom. The molecule has 1 aliphatic carbocycles. The van der Waals surface area contributed by atoms with Crippen LogP contribution in [0.3, 0.4) is 0 Å². The molecule has 0 heterocycles. The molecule has 104 valence electrons. The van der Waals surface area contributed by atoms with Crippen LogP contribution in [0.2, 0.25) is 0 Å². The molecule has 1 amide bonds. The molecule has 1 aliphatic rings. The maximum atomic E-state index is 11.6. The molecule has 0 aromatic rings. The van der Waals surface area contributed by atoms with Crippen LogP contribution in [0, 0.1) is 11.8 Å². The molecule has 0 spiro atoms. The number of aliphatic carboxylic acids is 1. The Hall–Kier alpha value is -1.06. The topological polar surface area (TPSA) is 66.4 Å². The molecule has 1 saturated carbocycles. The molecule has 1 fully saturated rings. The van der Waals surface area contributed by atoms with Crippen molar-refractivity contribution < 1.29 is 14.7 Å². The molecule has 4 heteroatoms. The number of unbranched alkanes of at least 4 members (excludes halogenated alkanes) is 2. The van der Waals surface area contributed by atoms with Gasteiger partial charge < -0.3 is 10.4 Å². The van der Waals surface area contributed by atoms with Crippen molar-refractivity contribution in [3.05, 3.63) is 0 Å². The fourth-order valence-electron chi connectivity index (χ4n) is 2.65. The van der Waals surface area contributed by atoms with Crippen molar-refractivity contribution >= 4 is 11.9 Å². The predicted octanol–water partition coefficient (Wildman–Crippen LogP) is 2.57. The highest BCUT2D eigenvalue weighted by Crippen LogP contribution is 2.29. The van der Waals surface area contributed by atoms with E-state index in [1.807, 2.05) is 0 Å². The van der Waals surface area contributed by atoms with Crippen LogP contribution in [-0.4, -0.2) is 23.5 Å². The Kier molecular flexibility index (Phi) is 6.76. The fraction of sp³-hybridized carbons (Fsp3) is 0.857. The third kappa shape index (κ3) is 5.07. The number of carboxylic acid groups (broad SMARTS) is 1. The zero-order chi connectivity index (χ0) is 13.4. The highest BCUT2D eigenvalue weighted by molar-refractivity contribution is 5.76. The van der Waals surface area contributed by atoms with Gasteiger partial charge in [-0.2, -0.15) is 0 Å².